The van der Waals surface area contributed by atoms with Gasteiger partial charge < -0.3 is 14.8 Å². The molecular weight excluding hydrogens is 306 g/mol. The van der Waals surface area contributed by atoms with Crippen molar-refractivity contribution < 1.29 is 9.47 Å². The smallest absolute Gasteiger partial charge is 0.168 e. The second kappa shape index (κ2) is 5.43. The van der Waals surface area contributed by atoms with Gasteiger partial charge in [0.25, 0.3) is 0 Å². The van der Waals surface area contributed by atoms with E-state index in [0.717, 1.165) is 43.4 Å². The van der Waals surface area contributed by atoms with Gasteiger partial charge in [-0.1, -0.05) is 15.9 Å². The normalized spacial score (nSPS) is 22.8. The highest BCUT2D eigenvalue weighted by molar-refractivity contribution is 9.10. The summed E-state index contributed by atoms with van der Waals surface area (Å²) in [5.41, 5.74) is 2.47. The van der Waals surface area contributed by atoms with Crippen molar-refractivity contribution in [2.75, 3.05) is 18.5 Å². The molecule has 0 atom stereocenters. The third-order valence-corrected chi connectivity index (χ3v) is 4.98. The van der Waals surface area contributed by atoms with Crippen LogP contribution in [0.3, 0.4) is 0 Å². The number of aryl methyl sites for hydroxylation is 1. The van der Waals surface area contributed by atoms with Crippen LogP contribution in [0.15, 0.2) is 22.7 Å². The van der Waals surface area contributed by atoms with E-state index in [9.17, 15) is 0 Å². The lowest BCUT2D eigenvalue weighted by atomic mass is 9.90. The molecule has 2 fully saturated rings. The van der Waals surface area contributed by atoms with E-state index in [1.165, 1.54) is 11.3 Å². The Kier molecular flexibility index (Phi) is 3.83. The van der Waals surface area contributed by atoms with Crippen molar-refractivity contribution in [1.29, 1.82) is 0 Å². The Hall–Kier alpha value is -0.580. The standard InChI is InChI=1S/C15H20BrNO2/c1-11-10-13(2-3-14(11)16)17-12-4-6-15(7-5-12)18-8-9-19-15/h2-3,10,12,17H,4-9H2,1H3. The molecule has 1 aromatic carbocycles. The van der Waals surface area contributed by atoms with Crippen LogP contribution < -0.4 is 5.32 Å². The van der Waals surface area contributed by atoms with Crippen LogP contribution in [-0.4, -0.2) is 25.0 Å². The molecule has 1 N–H and O–H groups in total. The monoisotopic (exact) mass is 325 g/mol. The molecule has 0 amide bonds. The van der Waals surface area contributed by atoms with Crippen LogP contribution in [0.1, 0.15) is 31.2 Å². The summed E-state index contributed by atoms with van der Waals surface area (Å²) in [4.78, 5) is 0. The predicted octanol–water partition coefficient (Wildman–Crippen LogP) is 3.86. The van der Waals surface area contributed by atoms with Crippen LogP contribution in [0.2, 0.25) is 0 Å². The lowest BCUT2D eigenvalue weighted by Gasteiger charge is -2.36. The Morgan fingerprint density at radius 2 is 1.89 bits per heavy atom. The molecule has 2 aliphatic rings. The largest absolute Gasteiger partial charge is 0.382 e. The van der Waals surface area contributed by atoms with Gasteiger partial charge in [-0.2, -0.15) is 0 Å². The maximum Gasteiger partial charge on any atom is 0.168 e. The molecule has 1 heterocycles. The zero-order valence-electron chi connectivity index (χ0n) is 11.2. The van der Waals surface area contributed by atoms with E-state index in [-0.39, 0.29) is 5.79 Å². The van der Waals surface area contributed by atoms with Gasteiger partial charge in [-0.05, 0) is 43.5 Å². The fourth-order valence-corrected chi connectivity index (χ4v) is 3.20. The minimum absolute atomic E-state index is 0.256. The highest BCUT2D eigenvalue weighted by Crippen LogP contribution is 2.36. The number of anilines is 1. The number of hydrogen-bond donors (Lipinski definition) is 1. The molecule has 1 saturated heterocycles. The van der Waals surface area contributed by atoms with E-state index < -0.39 is 0 Å². The molecule has 104 valence electrons. The fraction of sp³-hybridized carbons (Fsp3) is 0.600. The van der Waals surface area contributed by atoms with Crippen LogP contribution >= 0.6 is 15.9 Å². The van der Waals surface area contributed by atoms with E-state index >= 15 is 0 Å². The van der Waals surface area contributed by atoms with Crippen molar-refractivity contribution in [3.8, 4) is 0 Å². The minimum atomic E-state index is -0.256. The van der Waals surface area contributed by atoms with E-state index in [4.69, 9.17) is 9.47 Å². The summed E-state index contributed by atoms with van der Waals surface area (Å²) < 4.78 is 12.7. The first-order chi connectivity index (χ1) is 9.17. The van der Waals surface area contributed by atoms with Crippen molar-refractivity contribution in [3.05, 3.63) is 28.2 Å². The Labute approximate surface area is 122 Å². The van der Waals surface area contributed by atoms with Gasteiger partial charge in [0.2, 0.25) is 0 Å². The lowest BCUT2D eigenvalue weighted by Crippen LogP contribution is -2.39. The van der Waals surface area contributed by atoms with E-state index in [1.807, 2.05) is 0 Å². The van der Waals surface area contributed by atoms with E-state index in [2.05, 4.69) is 46.4 Å². The number of hydrogen-bond acceptors (Lipinski definition) is 3. The first kappa shape index (κ1) is 13.4. The Bertz CT molecular complexity index is 447. The molecule has 19 heavy (non-hydrogen) atoms. The van der Waals surface area contributed by atoms with Gasteiger partial charge in [0.1, 0.15) is 0 Å². The van der Waals surface area contributed by atoms with Crippen LogP contribution in [0, 0.1) is 6.92 Å². The third kappa shape index (κ3) is 2.96. The lowest BCUT2D eigenvalue weighted by molar-refractivity contribution is -0.177. The van der Waals surface area contributed by atoms with Gasteiger partial charge in [-0.25, -0.2) is 0 Å². The number of nitrogens with one attached hydrogen (secondary N) is 1. The highest BCUT2D eigenvalue weighted by Gasteiger charge is 2.40. The summed E-state index contributed by atoms with van der Waals surface area (Å²) in [6, 6.07) is 6.95. The SMILES string of the molecule is Cc1cc(NC2CCC3(CC2)OCCO3)ccc1Br. The average molecular weight is 326 g/mol. The maximum absolute atomic E-state index is 5.76. The van der Waals surface area contributed by atoms with Crippen molar-refractivity contribution in [3.63, 3.8) is 0 Å². The zero-order chi connectivity index (χ0) is 13.3. The average Bonchev–Trinajstić information content (AvgIpc) is 2.86. The van der Waals surface area contributed by atoms with Crippen molar-refractivity contribution in [1.82, 2.24) is 0 Å². The molecule has 1 saturated carbocycles. The predicted molar refractivity (Wildman–Crippen MR) is 79.4 cm³/mol. The van der Waals surface area contributed by atoms with Crippen LogP contribution in [0.5, 0.6) is 0 Å². The highest BCUT2D eigenvalue weighted by atomic mass is 79.9. The summed E-state index contributed by atoms with van der Waals surface area (Å²) >= 11 is 3.53. The molecule has 3 rings (SSSR count). The summed E-state index contributed by atoms with van der Waals surface area (Å²) in [6.07, 6.45) is 4.21. The van der Waals surface area contributed by atoms with Gasteiger partial charge >= 0.3 is 0 Å². The summed E-state index contributed by atoms with van der Waals surface area (Å²) in [5.74, 6) is -0.256. The molecule has 0 bridgehead atoms. The molecule has 0 radical (unpaired) electrons. The molecule has 0 aromatic heterocycles. The topological polar surface area (TPSA) is 30.5 Å². The summed E-state index contributed by atoms with van der Waals surface area (Å²) in [6.45, 7) is 3.62. The number of halogens is 1. The number of rotatable bonds is 2. The van der Waals surface area contributed by atoms with E-state index in [0.29, 0.717) is 6.04 Å². The van der Waals surface area contributed by atoms with Gasteiger partial charge in [0.05, 0.1) is 13.2 Å². The zero-order valence-corrected chi connectivity index (χ0v) is 12.8. The molecule has 1 aromatic rings. The first-order valence-electron chi connectivity index (χ1n) is 6.97. The summed E-state index contributed by atoms with van der Waals surface area (Å²) in [7, 11) is 0. The van der Waals surface area contributed by atoms with Crippen LogP contribution in [-0.2, 0) is 9.47 Å². The first-order valence-corrected chi connectivity index (χ1v) is 7.77. The van der Waals surface area contributed by atoms with E-state index in [1.54, 1.807) is 0 Å². The third-order valence-electron chi connectivity index (χ3n) is 4.09. The second-order valence-corrected chi connectivity index (χ2v) is 6.34. The fourth-order valence-electron chi connectivity index (χ4n) is 2.96. The molecule has 1 spiro atoms. The molecule has 1 aliphatic carbocycles. The van der Waals surface area contributed by atoms with Crippen molar-refractivity contribution in [2.45, 2.75) is 44.4 Å². The number of ether oxygens (including phenoxy) is 2. The quantitative estimate of drug-likeness (QED) is 0.895. The number of benzene rings is 1. The molecule has 3 nitrogen and oxygen atoms in total. The summed E-state index contributed by atoms with van der Waals surface area (Å²) in [5, 5.41) is 3.62. The second-order valence-electron chi connectivity index (χ2n) is 5.49. The maximum atomic E-state index is 5.76. The molecule has 4 heteroatoms. The van der Waals surface area contributed by atoms with Crippen molar-refractivity contribution in [2.24, 2.45) is 0 Å². The van der Waals surface area contributed by atoms with Gasteiger partial charge in [0.15, 0.2) is 5.79 Å². The minimum Gasteiger partial charge on any atom is -0.382 e. The van der Waals surface area contributed by atoms with Crippen molar-refractivity contribution >= 4 is 21.6 Å². The molecular formula is C15H20BrNO2. The van der Waals surface area contributed by atoms with Gasteiger partial charge in [-0.3, -0.25) is 0 Å². The van der Waals surface area contributed by atoms with Crippen LogP contribution in [0.25, 0.3) is 0 Å². The van der Waals surface area contributed by atoms with Gasteiger partial charge in [0, 0.05) is 29.0 Å². The Balaban J connectivity index is 1.58. The Morgan fingerprint density at radius 1 is 1.21 bits per heavy atom. The molecule has 1 aliphatic heterocycles. The van der Waals surface area contributed by atoms with Crippen LogP contribution in [0.4, 0.5) is 5.69 Å². The molecule has 0 unspecified atom stereocenters. The van der Waals surface area contributed by atoms with Gasteiger partial charge in [-0.15, -0.1) is 0 Å². The Morgan fingerprint density at radius 3 is 2.53 bits per heavy atom.